The van der Waals surface area contributed by atoms with Crippen molar-refractivity contribution in [1.82, 2.24) is 0 Å². The minimum Gasteiger partial charge on any atom is -0.289 e. The van der Waals surface area contributed by atoms with E-state index in [2.05, 4.69) is 61.3 Å². The van der Waals surface area contributed by atoms with Crippen LogP contribution in [0.4, 0.5) is 0 Å². The maximum absolute atomic E-state index is 4.76. The van der Waals surface area contributed by atoms with Crippen molar-refractivity contribution in [2.24, 2.45) is 4.99 Å². The lowest BCUT2D eigenvalue weighted by Crippen LogP contribution is -2.14. The molecule has 0 N–H and O–H groups in total. The largest absolute Gasteiger partial charge is 0.289 e. The first-order chi connectivity index (χ1) is 8.54. The van der Waals surface area contributed by atoms with E-state index < -0.39 is 7.22 Å². The summed E-state index contributed by atoms with van der Waals surface area (Å²) in [5, 5.41) is 0. The summed E-state index contributed by atoms with van der Waals surface area (Å²) in [5.41, 5.74) is 1.30. The zero-order valence-corrected chi connectivity index (χ0v) is 13.5. The molecule has 1 fully saturated rings. The lowest BCUT2D eigenvalue weighted by atomic mass is 10.2. The Kier molecular flexibility index (Phi) is 4.68. The highest BCUT2D eigenvalue weighted by Gasteiger charge is 2.17. The third-order valence-corrected chi connectivity index (χ3v) is 6.79. The number of hydrogen-bond donors (Lipinski definition) is 0. The van der Waals surface area contributed by atoms with Crippen LogP contribution in [-0.4, -0.2) is 19.5 Å². The van der Waals surface area contributed by atoms with Gasteiger partial charge in [-0.25, -0.2) is 0 Å². The third-order valence-electron chi connectivity index (χ3n) is 3.08. The SMILES string of the molecule is C[Si](C)(C)Sc1ccccc1C=NC1CCCC1. The Morgan fingerprint density at radius 2 is 1.83 bits per heavy atom. The second-order valence-electron chi connectivity index (χ2n) is 5.97. The van der Waals surface area contributed by atoms with Crippen LogP contribution in [0.5, 0.6) is 0 Å². The van der Waals surface area contributed by atoms with Crippen molar-refractivity contribution in [3.8, 4) is 0 Å². The van der Waals surface area contributed by atoms with E-state index in [9.17, 15) is 0 Å². The fraction of sp³-hybridized carbons (Fsp3) is 0.533. The molecule has 1 nitrogen and oxygen atoms in total. The molecule has 1 aliphatic carbocycles. The summed E-state index contributed by atoms with van der Waals surface area (Å²) in [7, 11) is -1.13. The molecule has 1 aliphatic rings. The molecule has 0 saturated heterocycles. The number of rotatable bonds is 4. The Hall–Kier alpha value is -0.543. The minimum atomic E-state index is -1.13. The first-order valence-electron chi connectivity index (χ1n) is 6.86. The summed E-state index contributed by atoms with van der Waals surface area (Å²) < 4.78 is 0. The van der Waals surface area contributed by atoms with E-state index in [-0.39, 0.29) is 0 Å². The molecule has 1 aromatic rings. The van der Waals surface area contributed by atoms with Gasteiger partial charge in [0.05, 0.1) is 0 Å². The smallest absolute Gasteiger partial charge is 0.114 e. The zero-order valence-electron chi connectivity index (χ0n) is 11.6. The Labute approximate surface area is 116 Å². The average Bonchev–Trinajstić information content (AvgIpc) is 2.79. The highest BCUT2D eigenvalue weighted by atomic mass is 32.4. The van der Waals surface area contributed by atoms with Crippen molar-refractivity contribution in [2.75, 3.05) is 0 Å². The van der Waals surface area contributed by atoms with E-state index in [1.165, 1.54) is 36.1 Å². The molecule has 0 amide bonds. The van der Waals surface area contributed by atoms with E-state index in [1.54, 1.807) is 0 Å². The van der Waals surface area contributed by atoms with Gasteiger partial charge in [0.25, 0.3) is 0 Å². The number of benzene rings is 1. The van der Waals surface area contributed by atoms with Crippen LogP contribution in [0.3, 0.4) is 0 Å². The van der Waals surface area contributed by atoms with Crippen LogP contribution in [0, 0.1) is 0 Å². The fourth-order valence-electron chi connectivity index (χ4n) is 2.25. The van der Waals surface area contributed by atoms with Crippen molar-refractivity contribution in [3.05, 3.63) is 29.8 Å². The summed E-state index contributed by atoms with van der Waals surface area (Å²) >= 11 is 2.06. The van der Waals surface area contributed by atoms with Crippen molar-refractivity contribution in [2.45, 2.75) is 56.3 Å². The number of nitrogens with zero attached hydrogens (tertiary/aromatic N) is 1. The van der Waals surface area contributed by atoms with Gasteiger partial charge < -0.3 is 0 Å². The van der Waals surface area contributed by atoms with Gasteiger partial charge in [-0.15, -0.1) is 0 Å². The Morgan fingerprint density at radius 3 is 2.50 bits per heavy atom. The van der Waals surface area contributed by atoms with Crippen LogP contribution in [0.25, 0.3) is 0 Å². The van der Waals surface area contributed by atoms with Gasteiger partial charge in [-0.2, -0.15) is 11.2 Å². The normalized spacial score (nSPS) is 17.7. The lowest BCUT2D eigenvalue weighted by Gasteiger charge is -2.16. The third kappa shape index (κ3) is 4.29. The van der Waals surface area contributed by atoms with E-state index in [4.69, 9.17) is 4.99 Å². The van der Waals surface area contributed by atoms with E-state index in [1.807, 2.05) is 0 Å². The molecule has 0 bridgehead atoms. The van der Waals surface area contributed by atoms with Gasteiger partial charge in [-0.3, -0.25) is 4.99 Å². The molecular formula is C15H23NSSi. The summed E-state index contributed by atoms with van der Waals surface area (Å²) in [6.07, 6.45) is 7.37. The van der Waals surface area contributed by atoms with Gasteiger partial charge in [0.15, 0.2) is 0 Å². The summed E-state index contributed by atoms with van der Waals surface area (Å²) in [4.78, 5) is 6.16. The fourth-order valence-corrected chi connectivity index (χ4v) is 5.83. The molecular weight excluding hydrogens is 254 g/mol. The highest BCUT2D eigenvalue weighted by Crippen LogP contribution is 2.31. The number of aliphatic imine (C=N–C) groups is 1. The topological polar surface area (TPSA) is 12.4 Å². The van der Waals surface area contributed by atoms with Crippen molar-refractivity contribution < 1.29 is 0 Å². The zero-order chi connectivity index (χ0) is 13.0. The molecule has 98 valence electrons. The molecule has 0 atom stereocenters. The molecule has 0 radical (unpaired) electrons. The van der Waals surface area contributed by atoms with Gasteiger partial charge in [0.2, 0.25) is 0 Å². The van der Waals surface area contributed by atoms with E-state index in [0.29, 0.717) is 6.04 Å². The molecule has 2 rings (SSSR count). The molecule has 0 unspecified atom stereocenters. The molecule has 0 heterocycles. The Morgan fingerprint density at radius 1 is 1.17 bits per heavy atom. The van der Waals surface area contributed by atoms with Crippen LogP contribution in [0.1, 0.15) is 31.2 Å². The van der Waals surface area contributed by atoms with E-state index in [0.717, 1.165) is 0 Å². The molecule has 1 aromatic carbocycles. The second kappa shape index (κ2) is 6.07. The highest BCUT2D eigenvalue weighted by molar-refractivity contribution is 8.28. The monoisotopic (exact) mass is 277 g/mol. The quantitative estimate of drug-likeness (QED) is 0.559. The van der Waals surface area contributed by atoms with Gasteiger partial charge in [-0.1, -0.05) is 50.7 Å². The Bertz CT molecular complexity index is 417. The minimum absolute atomic E-state index is 0.579. The van der Waals surface area contributed by atoms with Gasteiger partial charge >= 0.3 is 0 Å². The summed E-state index contributed by atoms with van der Waals surface area (Å²) in [6, 6.07) is 9.26. The summed E-state index contributed by atoms with van der Waals surface area (Å²) in [5.74, 6) is 0. The number of hydrogen-bond acceptors (Lipinski definition) is 2. The predicted octanol–water partition coefficient (Wildman–Crippen LogP) is 4.98. The van der Waals surface area contributed by atoms with Crippen LogP contribution in [0.15, 0.2) is 34.2 Å². The Balaban J connectivity index is 2.11. The maximum Gasteiger partial charge on any atom is 0.114 e. The second-order valence-corrected chi connectivity index (χ2v) is 15.1. The van der Waals surface area contributed by atoms with Crippen LogP contribution >= 0.6 is 11.2 Å². The van der Waals surface area contributed by atoms with Crippen molar-refractivity contribution >= 4 is 24.6 Å². The first kappa shape index (κ1) is 13.9. The van der Waals surface area contributed by atoms with Crippen LogP contribution < -0.4 is 0 Å². The van der Waals surface area contributed by atoms with Crippen molar-refractivity contribution in [1.29, 1.82) is 0 Å². The predicted molar refractivity (Wildman–Crippen MR) is 85.5 cm³/mol. The molecule has 0 spiro atoms. The standard InChI is InChI=1S/C15H23NSSi/c1-18(2,3)17-15-11-7-4-8-13(15)12-16-14-9-5-6-10-14/h4,7-8,11-12,14H,5-6,9-10H2,1-3H3. The van der Waals surface area contributed by atoms with Crippen LogP contribution in [0.2, 0.25) is 19.6 Å². The van der Waals surface area contributed by atoms with Gasteiger partial charge in [0.1, 0.15) is 7.22 Å². The van der Waals surface area contributed by atoms with Gasteiger partial charge in [-0.05, 0) is 18.9 Å². The first-order valence-corrected chi connectivity index (χ1v) is 11.9. The molecule has 0 aromatic heterocycles. The molecule has 1 saturated carbocycles. The van der Waals surface area contributed by atoms with Crippen LogP contribution in [-0.2, 0) is 0 Å². The van der Waals surface area contributed by atoms with Crippen molar-refractivity contribution in [3.63, 3.8) is 0 Å². The lowest BCUT2D eigenvalue weighted by molar-refractivity contribution is 0.710. The average molecular weight is 278 g/mol. The van der Waals surface area contributed by atoms with Gasteiger partial charge in [0, 0.05) is 22.7 Å². The van der Waals surface area contributed by atoms with E-state index >= 15 is 0 Å². The summed E-state index contributed by atoms with van der Waals surface area (Å²) in [6.45, 7) is 7.17. The molecule has 0 aliphatic heterocycles. The maximum atomic E-state index is 4.76. The molecule has 18 heavy (non-hydrogen) atoms. The molecule has 3 heteroatoms.